The highest BCUT2D eigenvalue weighted by molar-refractivity contribution is 8.13. The summed E-state index contributed by atoms with van der Waals surface area (Å²) in [5.41, 5.74) is 0.319. The lowest BCUT2D eigenvalue weighted by molar-refractivity contribution is 0.292. The average Bonchev–Trinajstić information content (AvgIpc) is 2.29. The Morgan fingerprint density at radius 2 is 2.12 bits per heavy atom. The predicted octanol–water partition coefficient (Wildman–Crippen LogP) is 3.57. The Hall–Kier alpha value is -0.180. The molecule has 2 rings (SSSR count). The Kier molecular flexibility index (Phi) is 4.17. The van der Waals surface area contributed by atoms with E-state index in [2.05, 4.69) is 19.2 Å². The summed E-state index contributed by atoms with van der Waals surface area (Å²) in [4.78, 5) is 4.81. The van der Waals surface area contributed by atoms with Gasteiger partial charge in [0.15, 0.2) is 5.17 Å². The van der Waals surface area contributed by atoms with Crippen LogP contribution in [-0.4, -0.2) is 22.5 Å². The molecule has 2 nitrogen and oxygen atoms in total. The van der Waals surface area contributed by atoms with Gasteiger partial charge in [-0.15, -0.1) is 0 Å². The second-order valence-corrected chi connectivity index (χ2v) is 6.46. The highest BCUT2D eigenvalue weighted by Crippen LogP contribution is 2.29. The number of hydrogen-bond donors (Lipinski definition) is 1. The maximum atomic E-state index is 4.81. The van der Waals surface area contributed by atoms with Gasteiger partial charge in [-0.25, -0.2) is 0 Å². The molecule has 0 aromatic rings. The standard InChI is InChI=1S/C13H24N2S/c1-3-11-7-10-16-12(14-11)15-13(2)8-5-4-6-9-13/h11H,3-10H2,1-2H3,(H,14,15). The number of nitrogens with one attached hydrogen (secondary N) is 1. The SMILES string of the molecule is CCC1CCSC(NC2(C)CCCCC2)=N1. The summed E-state index contributed by atoms with van der Waals surface area (Å²) >= 11 is 1.91. The smallest absolute Gasteiger partial charge is 0.157 e. The zero-order valence-electron chi connectivity index (χ0n) is 10.6. The molecule has 1 saturated carbocycles. The van der Waals surface area contributed by atoms with Crippen molar-refractivity contribution in [3.05, 3.63) is 0 Å². The molecule has 1 unspecified atom stereocenters. The molecule has 1 aliphatic carbocycles. The van der Waals surface area contributed by atoms with Gasteiger partial charge in [-0.3, -0.25) is 4.99 Å². The predicted molar refractivity (Wildman–Crippen MR) is 73.2 cm³/mol. The van der Waals surface area contributed by atoms with E-state index in [0.717, 1.165) is 0 Å². The normalized spacial score (nSPS) is 29.6. The molecular weight excluding hydrogens is 216 g/mol. The van der Waals surface area contributed by atoms with E-state index in [-0.39, 0.29) is 0 Å². The van der Waals surface area contributed by atoms with Crippen molar-refractivity contribution in [1.82, 2.24) is 5.32 Å². The maximum Gasteiger partial charge on any atom is 0.157 e. The fourth-order valence-electron chi connectivity index (χ4n) is 2.64. The second-order valence-electron chi connectivity index (χ2n) is 5.38. The molecule has 0 aromatic carbocycles. The molecule has 0 radical (unpaired) electrons. The quantitative estimate of drug-likeness (QED) is 0.798. The molecule has 2 aliphatic rings. The molecule has 3 heteroatoms. The molecule has 1 N–H and O–H groups in total. The Morgan fingerprint density at radius 3 is 2.81 bits per heavy atom. The number of aliphatic imine (C=N–C) groups is 1. The van der Waals surface area contributed by atoms with Gasteiger partial charge in [-0.2, -0.15) is 0 Å². The first-order chi connectivity index (χ1) is 7.72. The van der Waals surface area contributed by atoms with Gasteiger partial charge in [-0.05, 0) is 32.6 Å². The van der Waals surface area contributed by atoms with Crippen LogP contribution >= 0.6 is 11.8 Å². The Morgan fingerprint density at radius 1 is 1.38 bits per heavy atom. The van der Waals surface area contributed by atoms with Crippen molar-refractivity contribution in [2.24, 2.45) is 4.99 Å². The topological polar surface area (TPSA) is 24.4 Å². The number of nitrogens with zero attached hydrogens (tertiary/aromatic N) is 1. The first kappa shape index (κ1) is 12.3. The minimum Gasteiger partial charge on any atom is -0.360 e. The summed E-state index contributed by atoms with van der Waals surface area (Å²) in [6.07, 6.45) is 9.21. The number of thioether (sulfide) groups is 1. The summed E-state index contributed by atoms with van der Waals surface area (Å²) in [5, 5.41) is 4.92. The van der Waals surface area contributed by atoms with E-state index in [1.54, 1.807) is 0 Å². The average molecular weight is 240 g/mol. The lowest BCUT2D eigenvalue weighted by atomic mass is 9.83. The van der Waals surface area contributed by atoms with Crippen molar-refractivity contribution < 1.29 is 0 Å². The van der Waals surface area contributed by atoms with Crippen LogP contribution in [0.1, 0.15) is 58.8 Å². The van der Waals surface area contributed by atoms with Gasteiger partial charge in [0, 0.05) is 11.3 Å². The van der Waals surface area contributed by atoms with Crippen molar-refractivity contribution in [3.63, 3.8) is 0 Å². The minimum absolute atomic E-state index is 0.319. The van der Waals surface area contributed by atoms with Crippen LogP contribution in [0.5, 0.6) is 0 Å². The molecule has 92 valence electrons. The van der Waals surface area contributed by atoms with E-state index in [4.69, 9.17) is 4.99 Å². The van der Waals surface area contributed by atoms with Crippen LogP contribution < -0.4 is 5.32 Å². The molecule has 1 aliphatic heterocycles. The zero-order valence-corrected chi connectivity index (χ0v) is 11.4. The van der Waals surface area contributed by atoms with E-state index < -0.39 is 0 Å². The van der Waals surface area contributed by atoms with Crippen LogP contribution in [0, 0.1) is 0 Å². The van der Waals surface area contributed by atoms with E-state index in [1.807, 2.05) is 11.8 Å². The van der Waals surface area contributed by atoms with Gasteiger partial charge in [0.25, 0.3) is 0 Å². The third-order valence-corrected chi connectivity index (χ3v) is 4.75. The Bertz CT molecular complexity index is 257. The van der Waals surface area contributed by atoms with Gasteiger partial charge in [0.2, 0.25) is 0 Å². The monoisotopic (exact) mass is 240 g/mol. The third-order valence-electron chi connectivity index (χ3n) is 3.83. The first-order valence-electron chi connectivity index (χ1n) is 6.71. The number of amidine groups is 1. The molecule has 1 atom stereocenters. The molecule has 0 aromatic heterocycles. The summed E-state index contributed by atoms with van der Waals surface area (Å²) in [7, 11) is 0. The minimum atomic E-state index is 0.319. The van der Waals surface area contributed by atoms with E-state index in [1.165, 1.54) is 55.9 Å². The van der Waals surface area contributed by atoms with Gasteiger partial charge in [-0.1, -0.05) is 37.9 Å². The van der Waals surface area contributed by atoms with Crippen LogP contribution in [-0.2, 0) is 0 Å². The van der Waals surface area contributed by atoms with Crippen molar-refractivity contribution >= 4 is 16.9 Å². The van der Waals surface area contributed by atoms with Crippen LogP contribution in [0.2, 0.25) is 0 Å². The fraction of sp³-hybridized carbons (Fsp3) is 0.923. The maximum absolute atomic E-state index is 4.81. The van der Waals surface area contributed by atoms with E-state index in [0.29, 0.717) is 11.6 Å². The molecule has 0 amide bonds. The van der Waals surface area contributed by atoms with Crippen LogP contribution in [0.15, 0.2) is 4.99 Å². The zero-order chi connectivity index (χ0) is 11.4. The van der Waals surface area contributed by atoms with Crippen molar-refractivity contribution in [1.29, 1.82) is 0 Å². The van der Waals surface area contributed by atoms with Gasteiger partial charge >= 0.3 is 0 Å². The van der Waals surface area contributed by atoms with Gasteiger partial charge in [0.05, 0.1) is 6.04 Å². The molecule has 0 saturated heterocycles. The third kappa shape index (κ3) is 3.16. The van der Waals surface area contributed by atoms with Crippen molar-refractivity contribution in [2.45, 2.75) is 70.4 Å². The van der Waals surface area contributed by atoms with E-state index >= 15 is 0 Å². The molecular formula is C13H24N2S. The largest absolute Gasteiger partial charge is 0.360 e. The van der Waals surface area contributed by atoms with Crippen molar-refractivity contribution in [3.8, 4) is 0 Å². The van der Waals surface area contributed by atoms with E-state index in [9.17, 15) is 0 Å². The number of hydrogen-bond acceptors (Lipinski definition) is 3. The lowest BCUT2D eigenvalue weighted by Crippen LogP contribution is -2.47. The number of rotatable bonds is 2. The Balaban J connectivity index is 1.94. The van der Waals surface area contributed by atoms with Gasteiger partial charge in [0.1, 0.15) is 0 Å². The van der Waals surface area contributed by atoms with Crippen molar-refractivity contribution in [2.75, 3.05) is 5.75 Å². The van der Waals surface area contributed by atoms with Crippen LogP contribution in [0.25, 0.3) is 0 Å². The second kappa shape index (κ2) is 5.44. The summed E-state index contributed by atoms with van der Waals surface area (Å²) in [6, 6.07) is 0.566. The summed E-state index contributed by atoms with van der Waals surface area (Å²) in [6.45, 7) is 4.61. The molecule has 0 bridgehead atoms. The highest BCUT2D eigenvalue weighted by atomic mass is 32.2. The molecule has 1 fully saturated rings. The van der Waals surface area contributed by atoms with Crippen LogP contribution in [0.3, 0.4) is 0 Å². The molecule has 1 heterocycles. The fourth-order valence-corrected chi connectivity index (χ4v) is 3.76. The molecule has 16 heavy (non-hydrogen) atoms. The lowest BCUT2D eigenvalue weighted by Gasteiger charge is -2.36. The molecule has 0 spiro atoms. The Labute approximate surface area is 104 Å². The summed E-state index contributed by atoms with van der Waals surface area (Å²) < 4.78 is 0. The van der Waals surface area contributed by atoms with Gasteiger partial charge < -0.3 is 5.32 Å². The van der Waals surface area contributed by atoms with Crippen LogP contribution in [0.4, 0.5) is 0 Å². The first-order valence-corrected chi connectivity index (χ1v) is 7.69. The highest BCUT2D eigenvalue weighted by Gasteiger charge is 2.28. The summed E-state index contributed by atoms with van der Waals surface area (Å²) in [5.74, 6) is 1.24.